The first-order valence-electron chi connectivity index (χ1n) is 10.4. The molecule has 2 heteroatoms. The molecule has 0 bridgehead atoms. The average Bonchev–Trinajstić information content (AvgIpc) is 2.82. The van der Waals surface area contributed by atoms with Crippen LogP contribution in [0.5, 0.6) is 0 Å². The van der Waals surface area contributed by atoms with Crippen LogP contribution in [0.4, 0.5) is 0 Å². The van der Waals surface area contributed by atoms with Gasteiger partial charge in [-0.1, -0.05) is 97.9 Å². The number of nitrogens with zero attached hydrogens (tertiary/aromatic N) is 1. The van der Waals surface area contributed by atoms with E-state index in [0.717, 1.165) is 6.42 Å². The highest BCUT2D eigenvalue weighted by atomic mass is 28.3. The molecule has 0 amide bonds. The molecule has 1 atom stereocenters. The van der Waals surface area contributed by atoms with E-state index in [9.17, 15) is 0 Å². The SMILES string of the molecule is CC(CC[Si](c1ccccc1)(c1ccccc1)c1ccccc1)c1ccncc1. The topological polar surface area (TPSA) is 12.9 Å². The van der Waals surface area contributed by atoms with E-state index < -0.39 is 8.07 Å². The summed E-state index contributed by atoms with van der Waals surface area (Å²) in [6.07, 6.45) is 4.96. The van der Waals surface area contributed by atoms with Crippen LogP contribution in [0, 0.1) is 0 Å². The first-order valence-corrected chi connectivity index (χ1v) is 12.6. The highest BCUT2D eigenvalue weighted by molar-refractivity contribution is 7.11. The standard InChI is InChI=1S/C27H27NSi/c1-23(24-17-20-28-21-18-24)19-22-29(25-11-5-2-6-12-25,26-13-7-3-8-14-26)27-15-9-4-10-16-27/h2-18,20-21,23H,19,22H2,1H3. The van der Waals surface area contributed by atoms with E-state index in [1.165, 1.54) is 27.2 Å². The molecule has 0 fully saturated rings. The monoisotopic (exact) mass is 393 g/mol. The Morgan fingerprint density at radius 2 is 1.03 bits per heavy atom. The molecule has 4 aromatic rings. The van der Waals surface area contributed by atoms with Crippen LogP contribution in [0.2, 0.25) is 6.04 Å². The molecule has 4 rings (SSSR count). The third-order valence-corrected chi connectivity index (χ3v) is 11.0. The highest BCUT2D eigenvalue weighted by Crippen LogP contribution is 2.25. The third kappa shape index (κ3) is 4.08. The minimum Gasteiger partial charge on any atom is -0.265 e. The summed E-state index contributed by atoms with van der Waals surface area (Å²) < 4.78 is 0. The summed E-state index contributed by atoms with van der Waals surface area (Å²) in [6.45, 7) is 2.34. The van der Waals surface area contributed by atoms with E-state index in [0.29, 0.717) is 5.92 Å². The van der Waals surface area contributed by atoms with Crippen molar-refractivity contribution in [2.75, 3.05) is 0 Å². The number of rotatable bonds is 7. The quantitative estimate of drug-likeness (QED) is 0.326. The van der Waals surface area contributed by atoms with Crippen LogP contribution in [0.1, 0.15) is 24.8 Å². The van der Waals surface area contributed by atoms with Crippen molar-refractivity contribution >= 4 is 23.6 Å². The second kappa shape index (κ2) is 9.02. The van der Waals surface area contributed by atoms with Crippen LogP contribution in [-0.4, -0.2) is 13.1 Å². The van der Waals surface area contributed by atoms with Gasteiger partial charge in [0.15, 0.2) is 0 Å². The lowest BCUT2D eigenvalue weighted by Crippen LogP contribution is -2.67. The Morgan fingerprint density at radius 3 is 1.45 bits per heavy atom. The van der Waals surface area contributed by atoms with Gasteiger partial charge in [-0.2, -0.15) is 0 Å². The van der Waals surface area contributed by atoms with E-state index >= 15 is 0 Å². The van der Waals surface area contributed by atoms with Crippen LogP contribution in [0.25, 0.3) is 0 Å². The summed E-state index contributed by atoms with van der Waals surface area (Å²) in [7, 11) is -2.14. The Morgan fingerprint density at radius 1 is 0.621 bits per heavy atom. The summed E-state index contributed by atoms with van der Waals surface area (Å²) in [5.74, 6) is 0.501. The predicted molar refractivity (Wildman–Crippen MR) is 126 cm³/mol. The average molecular weight is 394 g/mol. The minimum absolute atomic E-state index is 0.501. The van der Waals surface area contributed by atoms with Crippen LogP contribution in [0.3, 0.4) is 0 Å². The molecule has 144 valence electrons. The fraction of sp³-hybridized carbons (Fsp3) is 0.148. The van der Waals surface area contributed by atoms with Gasteiger partial charge in [-0.3, -0.25) is 4.98 Å². The largest absolute Gasteiger partial charge is 0.265 e. The first kappa shape index (κ1) is 19.3. The molecule has 0 saturated carbocycles. The van der Waals surface area contributed by atoms with Gasteiger partial charge in [0.05, 0.1) is 0 Å². The number of aromatic nitrogens is 1. The van der Waals surface area contributed by atoms with Crippen LogP contribution in [0.15, 0.2) is 116 Å². The van der Waals surface area contributed by atoms with Gasteiger partial charge in [0.25, 0.3) is 0 Å². The maximum atomic E-state index is 4.19. The fourth-order valence-electron chi connectivity index (χ4n) is 4.39. The lowest BCUT2D eigenvalue weighted by atomic mass is 10.0. The van der Waals surface area contributed by atoms with Gasteiger partial charge in [-0.15, -0.1) is 0 Å². The van der Waals surface area contributed by atoms with Gasteiger partial charge in [-0.25, -0.2) is 0 Å². The zero-order valence-corrected chi connectivity index (χ0v) is 17.9. The number of benzene rings is 3. The summed E-state index contributed by atoms with van der Waals surface area (Å²) in [4.78, 5) is 4.19. The van der Waals surface area contributed by atoms with Gasteiger partial charge in [0.2, 0.25) is 0 Å². The zero-order valence-electron chi connectivity index (χ0n) is 16.9. The Bertz CT molecular complexity index is 905. The summed E-state index contributed by atoms with van der Waals surface area (Å²) in [6, 6.07) is 39.0. The molecule has 0 aliphatic carbocycles. The predicted octanol–water partition coefficient (Wildman–Crippen LogP) is 4.75. The molecule has 0 N–H and O–H groups in total. The minimum atomic E-state index is -2.14. The summed E-state index contributed by atoms with van der Waals surface area (Å²) in [5, 5.41) is 4.46. The van der Waals surface area contributed by atoms with Crippen molar-refractivity contribution in [3.05, 3.63) is 121 Å². The van der Waals surface area contributed by atoms with E-state index in [-0.39, 0.29) is 0 Å². The first-order chi connectivity index (χ1) is 14.3. The molecule has 1 nitrogen and oxygen atoms in total. The lowest BCUT2D eigenvalue weighted by molar-refractivity contribution is 0.726. The summed E-state index contributed by atoms with van der Waals surface area (Å²) >= 11 is 0. The molecule has 0 radical (unpaired) electrons. The van der Waals surface area contributed by atoms with E-state index in [2.05, 4.69) is 115 Å². The number of hydrogen-bond donors (Lipinski definition) is 0. The van der Waals surface area contributed by atoms with Gasteiger partial charge in [-0.05, 0) is 51.6 Å². The zero-order chi connectivity index (χ0) is 19.9. The van der Waals surface area contributed by atoms with Crippen LogP contribution < -0.4 is 15.6 Å². The number of hydrogen-bond acceptors (Lipinski definition) is 1. The van der Waals surface area contributed by atoms with Crippen molar-refractivity contribution in [1.82, 2.24) is 4.98 Å². The highest BCUT2D eigenvalue weighted by Gasteiger charge is 2.38. The van der Waals surface area contributed by atoms with Gasteiger partial charge in [0, 0.05) is 12.4 Å². The Hall–Kier alpha value is -2.97. The molecule has 0 aliphatic rings. The van der Waals surface area contributed by atoms with Crippen LogP contribution >= 0.6 is 0 Å². The van der Waals surface area contributed by atoms with Crippen LogP contribution in [-0.2, 0) is 0 Å². The second-order valence-corrected chi connectivity index (χ2v) is 11.8. The maximum absolute atomic E-state index is 4.19. The Labute approximate surface area is 175 Å². The lowest BCUT2D eigenvalue weighted by Gasteiger charge is -2.34. The molecule has 1 heterocycles. The number of pyridine rings is 1. The van der Waals surface area contributed by atoms with Crippen molar-refractivity contribution in [2.45, 2.75) is 25.3 Å². The van der Waals surface area contributed by atoms with E-state index in [4.69, 9.17) is 0 Å². The van der Waals surface area contributed by atoms with Crippen molar-refractivity contribution < 1.29 is 0 Å². The molecule has 0 saturated heterocycles. The summed E-state index contributed by atoms with van der Waals surface area (Å²) in [5.41, 5.74) is 1.37. The van der Waals surface area contributed by atoms with Gasteiger partial charge < -0.3 is 0 Å². The van der Waals surface area contributed by atoms with Gasteiger partial charge >= 0.3 is 0 Å². The second-order valence-electron chi connectivity index (χ2n) is 7.72. The maximum Gasteiger partial charge on any atom is 0.148 e. The van der Waals surface area contributed by atoms with Crippen molar-refractivity contribution in [3.63, 3.8) is 0 Å². The van der Waals surface area contributed by atoms with Crippen molar-refractivity contribution in [3.8, 4) is 0 Å². The molecule has 3 aromatic carbocycles. The smallest absolute Gasteiger partial charge is 0.148 e. The Kier molecular flexibility index (Phi) is 6.02. The molecule has 0 aliphatic heterocycles. The molecule has 29 heavy (non-hydrogen) atoms. The molecular weight excluding hydrogens is 366 g/mol. The Balaban J connectivity index is 1.82. The van der Waals surface area contributed by atoms with Crippen molar-refractivity contribution in [2.24, 2.45) is 0 Å². The molecule has 1 aromatic heterocycles. The fourth-order valence-corrected chi connectivity index (χ4v) is 9.41. The van der Waals surface area contributed by atoms with Crippen molar-refractivity contribution in [1.29, 1.82) is 0 Å². The normalized spacial score (nSPS) is 12.4. The molecule has 0 spiro atoms. The van der Waals surface area contributed by atoms with E-state index in [1.807, 2.05) is 12.4 Å². The molecule has 1 unspecified atom stereocenters. The molecular formula is C27H27NSi. The van der Waals surface area contributed by atoms with E-state index in [1.54, 1.807) is 0 Å². The van der Waals surface area contributed by atoms with Gasteiger partial charge in [0.1, 0.15) is 8.07 Å². The third-order valence-electron chi connectivity index (χ3n) is 6.03.